The highest BCUT2D eigenvalue weighted by Gasteiger charge is 2.16. The van der Waals surface area contributed by atoms with Gasteiger partial charge in [0.2, 0.25) is 0 Å². The van der Waals surface area contributed by atoms with Crippen LogP contribution in [0.3, 0.4) is 0 Å². The Morgan fingerprint density at radius 3 is 1.93 bits per heavy atom. The molecule has 0 aliphatic rings. The lowest BCUT2D eigenvalue weighted by Gasteiger charge is -2.22. The first kappa shape index (κ1) is 21.6. The molecule has 0 atom stereocenters. The lowest BCUT2D eigenvalue weighted by Crippen LogP contribution is -2.29. The normalized spacial score (nSPS) is 10.7. The van der Waals surface area contributed by atoms with Crippen molar-refractivity contribution in [2.45, 2.75) is 13.1 Å². The summed E-state index contributed by atoms with van der Waals surface area (Å²) in [4.78, 5) is 26.2. The van der Waals surface area contributed by atoms with Crippen molar-refractivity contribution in [2.75, 3.05) is 12.4 Å². The van der Waals surface area contributed by atoms with Crippen LogP contribution in [0.25, 0.3) is 0 Å². The van der Waals surface area contributed by atoms with Crippen LogP contribution in [0.4, 0.5) is 0 Å². The van der Waals surface area contributed by atoms with Gasteiger partial charge in [-0.3, -0.25) is 14.5 Å². The van der Waals surface area contributed by atoms with Gasteiger partial charge < -0.3 is 9.84 Å². The molecule has 3 aromatic carbocycles. The molecule has 0 aliphatic carbocycles. The molecule has 0 spiro atoms. The molecule has 30 heavy (non-hydrogen) atoms. The Balaban J connectivity index is 1.75. The molecule has 0 heterocycles. The van der Waals surface area contributed by atoms with Crippen molar-refractivity contribution in [3.63, 3.8) is 0 Å². The molecule has 0 amide bonds. The summed E-state index contributed by atoms with van der Waals surface area (Å²) in [5, 5.41) is 10.1. The zero-order chi connectivity index (χ0) is 21.3. The van der Waals surface area contributed by atoms with Gasteiger partial charge in [-0.1, -0.05) is 60.7 Å². The Kier molecular flexibility index (Phi) is 7.60. The second kappa shape index (κ2) is 10.6. The number of rotatable bonds is 9. The standard InChI is InChI=1S/C24H22ClNO4/c25-14-24(29)30-23-12-11-20(13-21(23)27)22(28)17-26(15-18-7-3-1-4-8-18)16-19-9-5-2-6-10-19/h1-13,27H,14-17H2. The summed E-state index contributed by atoms with van der Waals surface area (Å²) in [6.07, 6.45) is 0. The lowest BCUT2D eigenvalue weighted by molar-refractivity contribution is -0.131. The number of aromatic hydroxyl groups is 1. The fraction of sp³-hybridized carbons (Fsp3) is 0.167. The summed E-state index contributed by atoms with van der Waals surface area (Å²) in [7, 11) is 0. The van der Waals surface area contributed by atoms with Gasteiger partial charge in [0.05, 0.1) is 6.54 Å². The number of carbonyl (C=O) groups excluding carboxylic acids is 2. The van der Waals surface area contributed by atoms with Crippen LogP contribution < -0.4 is 4.74 Å². The fourth-order valence-corrected chi connectivity index (χ4v) is 3.13. The molecule has 0 fully saturated rings. The van der Waals surface area contributed by atoms with Crippen molar-refractivity contribution in [1.29, 1.82) is 0 Å². The van der Waals surface area contributed by atoms with Crippen molar-refractivity contribution in [3.05, 3.63) is 95.6 Å². The van der Waals surface area contributed by atoms with E-state index in [1.165, 1.54) is 18.2 Å². The molecule has 0 aromatic heterocycles. The Bertz CT molecular complexity index is 951. The number of ether oxygens (including phenoxy) is 1. The third-order valence-corrected chi connectivity index (χ3v) is 4.70. The molecular weight excluding hydrogens is 402 g/mol. The number of hydrogen-bond donors (Lipinski definition) is 1. The number of esters is 1. The van der Waals surface area contributed by atoms with E-state index in [1.807, 2.05) is 65.6 Å². The molecule has 0 bridgehead atoms. The van der Waals surface area contributed by atoms with E-state index in [-0.39, 0.29) is 29.7 Å². The molecule has 154 valence electrons. The van der Waals surface area contributed by atoms with Gasteiger partial charge in [-0.25, -0.2) is 0 Å². The highest BCUT2D eigenvalue weighted by atomic mass is 35.5. The maximum absolute atomic E-state index is 12.9. The Morgan fingerprint density at radius 1 is 0.867 bits per heavy atom. The average Bonchev–Trinajstić information content (AvgIpc) is 2.76. The van der Waals surface area contributed by atoms with Crippen LogP contribution in [0.2, 0.25) is 0 Å². The highest BCUT2D eigenvalue weighted by Crippen LogP contribution is 2.27. The summed E-state index contributed by atoms with van der Waals surface area (Å²) < 4.78 is 4.93. The van der Waals surface area contributed by atoms with E-state index in [0.717, 1.165) is 11.1 Å². The summed E-state index contributed by atoms with van der Waals surface area (Å²) in [6.45, 7) is 1.39. The quantitative estimate of drug-likeness (QED) is 0.239. The number of Topliss-reactive ketones (excluding diaryl/α,β-unsaturated/α-hetero) is 1. The molecule has 3 aromatic rings. The van der Waals surface area contributed by atoms with Crippen LogP contribution in [-0.4, -0.2) is 34.2 Å². The zero-order valence-corrected chi connectivity index (χ0v) is 17.1. The smallest absolute Gasteiger partial charge is 0.326 e. The van der Waals surface area contributed by atoms with Gasteiger partial charge in [0.1, 0.15) is 5.88 Å². The molecular formula is C24H22ClNO4. The Hall–Kier alpha value is -3.15. The summed E-state index contributed by atoms with van der Waals surface area (Å²) in [5.41, 5.74) is 2.55. The van der Waals surface area contributed by atoms with Gasteiger partial charge in [-0.2, -0.15) is 0 Å². The van der Waals surface area contributed by atoms with Gasteiger partial charge in [0, 0.05) is 18.7 Å². The maximum atomic E-state index is 12.9. The first-order chi connectivity index (χ1) is 14.5. The van der Waals surface area contributed by atoms with E-state index in [9.17, 15) is 14.7 Å². The van der Waals surface area contributed by atoms with Crippen molar-refractivity contribution in [3.8, 4) is 11.5 Å². The number of nitrogens with zero attached hydrogens (tertiary/aromatic N) is 1. The number of halogens is 1. The fourth-order valence-electron chi connectivity index (χ4n) is 3.07. The number of phenols is 1. The van der Waals surface area contributed by atoms with Gasteiger partial charge in [-0.05, 0) is 29.3 Å². The van der Waals surface area contributed by atoms with Crippen LogP contribution in [0.1, 0.15) is 21.5 Å². The van der Waals surface area contributed by atoms with Crippen LogP contribution in [0, 0.1) is 0 Å². The molecule has 0 radical (unpaired) electrons. The second-order valence-corrected chi connectivity index (χ2v) is 7.10. The molecule has 1 N–H and O–H groups in total. The van der Waals surface area contributed by atoms with Gasteiger partial charge >= 0.3 is 5.97 Å². The topological polar surface area (TPSA) is 66.8 Å². The molecule has 3 rings (SSSR count). The Labute approximate surface area is 180 Å². The van der Waals surface area contributed by atoms with E-state index in [1.54, 1.807) is 0 Å². The SMILES string of the molecule is O=C(CCl)Oc1ccc(C(=O)CN(Cc2ccccc2)Cc2ccccc2)cc1O. The number of benzene rings is 3. The van der Waals surface area contributed by atoms with Crippen molar-refractivity contribution < 1.29 is 19.4 Å². The van der Waals surface area contributed by atoms with Crippen molar-refractivity contribution in [1.82, 2.24) is 4.90 Å². The van der Waals surface area contributed by atoms with E-state index in [0.29, 0.717) is 18.7 Å². The molecule has 5 nitrogen and oxygen atoms in total. The predicted molar refractivity (Wildman–Crippen MR) is 116 cm³/mol. The van der Waals surface area contributed by atoms with Gasteiger partial charge in [-0.15, -0.1) is 11.6 Å². The molecule has 0 unspecified atom stereocenters. The summed E-state index contributed by atoms with van der Waals surface area (Å²) >= 11 is 5.41. The third-order valence-electron chi connectivity index (χ3n) is 4.48. The van der Waals surface area contributed by atoms with E-state index in [2.05, 4.69) is 0 Å². The largest absolute Gasteiger partial charge is 0.504 e. The van der Waals surface area contributed by atoms with Crippen LogP contribution in [-0.2, 0) is 17.9 Å². The third kappa shape index (κ3) is 6.17. The molecule has 0 saturated carbocycles. The average molecular weight is 424 g/mol. The van der Waals surface area contributed by atoms with E-state index >= 15 is 0 Å². The van der Waals surface area contributed by atoms with Crippen LogP contribution in [0.5, 0.6) is 11.5 Å². The Morgan fingerprint density at radius 2 is 1.43 bits per heavy atom. The molecule has 0 saturated heterocycles. The van der Waals surface area contributed by atoms with Crippen LogP contribution >= 0.6 is 11.6 Å². The number of phenolic OH excluding ortho intramolecular Hbond substituents is 1. The maximum Gasteiger partial charge on any atom is 0.326 e. The molecule has 6 heteroatoms. The summed E-state index contributed by atoms with van der Waals surface area (Å²) in [6, 6.07) is 24.1. The second-order valence-electron chi connectivity index (χ2n) is 6.83. The minimum Gasteiger partial charge on any atom is -0.504 e. The monoisotopic (exact) mass is 423 g/mol. The number of ketones is 1. The first-order valence-electron chi connectivity index (χ1n) is 9.48. The minimum absolute atomic E-state index is 0.0253. The predicted octanol–water partition coefficient (Wildman–Crippen LogP) is 4.42. The van der Waals surface area contributed by atoms with Crippen molar-refractivity contribution in [2.24, 2.45) is 0 Å². The van der Waals surface area contributed by atoms with Gasteiger partial charge in [0.25, 0.3) is 0 Å². The lowest BCUT2D eigenvalue weighted by atomic mass is 10.1. The summed E-state index contributed by atoms with van der Waals surface area (Å²) in [5.74, 6) is -1.46. The zero-order valence-electron chi connectivity index (χ0n) is 16.3. The van der Waals surface area contributed by atoms with Gasteiger partial charge in [0.15, 0.2) is 17.3 Å². The van der Waals surface area contributed by atoms with E-state index < -0.39 is 5.97 Å². The number of alkyl halides is 1. The first-order valence-corrected chi connectivity index (χ1v) is 10.0. The number of hydrogen-bond acceptors (Lipinski definition) is 5. The van der Waals surface area contributed by atoms with E-state index in [4.69, 9.17) is 16.3 Å². The van der Waals surface area contributed by atoms with Crippen LogP contribution in [0.15, 0.2) is 78.9 Å². The highest BCUT2D eigenvalue weighted by molar-refractivity contribution is 6.26. The molecule has 0 aliphatic heterocycles. The number of carbonyl (C=O) groups is 2. The van der Waals surface area contributed by atoms with Crippen molar-refractivity contribution >= 4 is 23.4 Å². The minimum atomic E-state index is -0.678.